The van der Waals surface area contributed by atoms with Gasteiger partial charge >= 0.3 is 6.09 Å². The number of aryl methyl sites for hydroxylation is 1. The number of pyridine rings is 1. The lowest BCUT2D eigenvalue weighted by Gasteiger charge is -2.15. The number of carbonyl (C=O) groups excluding carboxylic acids is 1. The van der Waals surface area contributed by atoms with E-state index in [0.29, 0.717) is 6.42 Å². The van der Waals surface area contributed by atoms with Gasteiger partial charge in [-0.15, -0.1) is 0 Å². The molecule has 0 atom stereocenters. The van der Waals surface area contributed by atoms with Gasteiger partial charge in [-0.3, -0.25) is 9.59 Å². The fraction of sp³-hybridized carbons (Fsp3) is 0.250. The van der Waals surface area contributed by atoms with Crippen LogP contribution in [0.15, 0.2) is 11.0 Å². The molecule has 0 aliphatic rings. The highest BCUT2D eigenvalue weighted by Crippen LogP contribution is 2.18. The summed E-state index contributed by atoms with van der Waals surface area (Å²) in [6.07, 6.45) is 0.366. The third kappa shape index (κ3) is 3.31. The van der Waals surface area contributed by atoms with Crippen molar-refractivity contribution in [3.05, 3.63) is 27.3 Å². The van der Waals surface area contributed by atoms with Gasteiger partial charge in [0.1, 0.15) is 17.0 Å². The van der Waals surface area contributed by atoms with Gasteiger partial charge in [0.15, 0.2) is 0 Å². The quantitative estimate of drug-likeness (QED) is 0.431. The zero-order valence-corrected chi connectivity index (χ0v) is 12.5. The Morgan fingerprint density at radius 3 is 2.74 bits per heavy atom. The third-order valence-electron chi connectivity index (χ3n) is 3.09. The van der Waals surface area contributed by atoms with Crippen LogP contribution in [0.3, 0.4) is 0 Å². The number of carboxylic acid groups (broad SMARTS) is 1. The molecule has 0 unspecified atom stereocenters. The average Bonchev–Trinajstić information content (AvgIpc) is 2.45. The fourth-order valence-corrected chi connectivity index (χ4v) is 2.24. The zero-order chi connectivity index (χ0) is 17.1. The van der Waals surface area contributed by atoms with Gasteiger partial charge in [-0.1, -0.05) is 0 Å². The SMILES string of the molecule is NC(=O)c1c(N)n(CCCNC(=O)O)c2nc(Cl)ncc2c1=O. The highest BCUT2D eigenvalue weighted by Gasteiger charge is 2.20. The predicted octanol–water partition coefficient (Wildman–Crippen LogP) is -0.216. The molecule has 2 heterocycles. The molecule has 0 spiro atoms. The standard InChI is InChI=1S/C12H13ClN6O4/c13-11-17-4-5-7(20)6(9(15)21)8(14)19(10(5)18-11)3-1-2-16-12(22)23/h4,16H,1-3,14H2,(H2,15,21)(H,22,23). The molecule has 0 saturated carbocycles. The Balaban J connectivity index is 2.56. The highest BCUT2D eigenvalue weighted by atomic mass is 35.5. The Hall–Kier alpha value is -2.88. The van der Waals surface area contributed by atoms with E-state index in [1.165, 1.54) is 10.8 Å². The minimum Gasteiger partial charge on any atom is -0.465 e. The van der Waals surface area contributed by atoms with Crippen LogP contribution in [0.1, 0.15) is 16.8 Å². The molecule has 6 N–H and O–H groups in total. The Kier molecular flexibility index (Phi) is 4.65. The van der Waals surface area contributed by atoms with Crippen LogP contribution in [0.2, 0.25) is 5.28 Å². The molecule has 2 rings (SSSR count). The van der Waals surface area contributed by atoms with Crippen LogP contribution in [-0.2, 0) is 6.54 Å². The monoisotopic (exact) mass is 340 g/mol. The lowest BCUT2D eigenvalue weighted by Crippen LogP contribution is -2.29. The van der Waals surface area contributed by atoms with Crippen LogP contribution >= 0.6 is 11.6 Å². The van der Waals surface area contributed by atoms with E-state index in [4.69, 9.17) is 28.2 Å². The van der Waals surface area contributed by atoms with Crippen molar-refractivity contribution in [1.82, 2.24) is 19.9 Å². The second kappa shape index (κ2) is 6.48. The van der Waals surface area contributed by atoms with E-state index in [9.17, 15) is 14.4 Å². The van der Waals surface area contributed by atoms with Gasteiger partial charge in [-0.25, -0.2) is 9.78 Å². The molecule has 0 aliphatic heterocycles. The third-order valence-corrected chi connectivity index (χ3v) is 3.28. The largest absolute Gasteiger partial charge is 0.465 e. The predicted molar refractivity (Wildman–Crippen MR) is 82.4 cm³/mol. The van der Waals surface area contributed by atoms with E-state index in [1.807, 2.05) is 0 Å². The molecular formula is C12H13ClN6O4. The van der Waals surface area contributed by atoms with Gasteiger partial charge in [-0.2, -0.15) is 4.98 Å². The molecule has 0 bridgehead atoms. The van der Waals surface area contributed by atoms with Gasteiger partial charge in [0.2, 0.25) is 10.7 Å². The Bertz CT molecular complexity index is 850. The molecule has 23 heavy (non-hydrogen) atoms. The number of halogens is 1. The number of amides is 2. The van der Waals surface area contributed by atoms with Crippen molar-refractivity contribution in [1.29, 1.82) is 0 Å². The maximum atomic E-state index is 12.3. The summed E-state index contributed by atoms with van der Waals surface area (Å²) in [5.41, 5.74) is 10.2. The second-order valence-corrected chi connectivity index (χ2v) is 4.91. The van der Waals surface area contributed by atoms with Crippen LogP contribution in [0.25, 0.3) is 11.0 Å². The molecular weight excluding hydrogens is 328 g/mol. The summed E-state index contributed by atoms with van der Waals surface area (Å²) in [6, 6.07) is 0. The normalized spacial score (nSPS) is 10.7. The Morgan fingerprint density at radius 1 is 1.43 bits per heavy atom. The fourth-order valence-electron chi connectivity index (χ4n) is 2.11. The van der Waals surface area contributed by atoms with Gasteiger partial charge in [-0.05, 0) is 18.0 Å². The van der Waals surface area contributed by atoms with Gasteiger partial charge in [0.25, 0.3) is 5.91 Å². The Morgan fingerprint density at radius 2 is 2.13 bits per heavy atom. The van der Waals surface area contributed by atoms with E-state index in [1.54, 1.807) is 0 Å². The van der Waals surface area contributed by atoms with E-state index in [-0.39, 0.29) is 40.8 Å². The topological polar surface area (TPSA) is 166 Å². The number of hydrogen-bond donors (Lipinski definition) is 4. The van der Waals surface area contributed by atoms with Crippen molar-refractivity contribution in [3.63, 3.8) is 0 Å². The maximum absolute atomic E-state index is 12.3. The molecule has 2 aromatic heterocycles. The summed E-state index contributed by atoms with van der Waals surface area (Å²) < 4.78 is 1.38. The number of aromatic nitrogens is 3. The minimum atomic E-state index is -1.16. The number of rotatable bonds is 5. The number of nitrogens with two attached hydrogens (primary N) is 2. The van der Waals surface area contributed by atoms with Crippen molar-refractivity contribution in [2.75, 3.05) is 12.3 Å². The second-order valence-electron chi connectivity index (χ2n) is 4.57. The van der Waals surface area contributed by atoms with Crippen molar-refractivity contribution in [2.24, 2.45) is 5.73 Å². The summed E-state index contributed by atoms with van der Waals surface area (Å²) in [7, 11) is 0. The first kappa shape index (κ1) is 16.5. The van der Waals surface area contributed by atoms with Gasteiger partial charge < -0.3 is 26.5 Å². The van der Waals surface area contributed by atoms with Crippen LogP contribution < -0.4 is 22.2 Å². The minimum absolute atomic E-state index is 0.0450. The summed E-state index contributed by atoms with van der Waals surface area (Å²) >= 11 is 5.74. The Labute approximate surface area is 134 Å². The summed E-state index contributed by atoms with van der Waals surface area (Å²) in [6.45, 7) is 0.337. The van der Waals surface area contributed by atoms with E-state index in [2.05, 4.69) is 15.3 Å². The van der Waals surface area contributed by atoms with Crippen molar-refractivity contribution >= 4 is 40.5 Å². The van der Waals surface area contributed by atoms with Crippen LogP contribution in [-0.4, -0.2) is 38.2 Å². The molecule has 0 aromatic carbocycles. The average molecular weight is 341 g/mol. The molecule has 11 heteroatoms. The number of nitrogens with one attached hydrogen (secondary N) is 1. The maximum Gasteiger partial charge on any atom is 0.404 e. The number of hydrogen-bond acceptors (Lipinski definition) is 6. The molecule has 10 nitrogen and oxygen atoms in total. The van der Waals surface area contributed by atoms with E-state index < -0.39 is 17.4 Å². The number of fused-ring (bicyclic) bond motifs is 1. The van der Waals surface area contributed by atoms with Crippen molar-refractivity contribution in [3.8, 4) is 0 Å². The lowest BCUT2D eigenvalue weighted by molar-refractivity contribution is 0.0999. The van der Waals surface area contributed by atoms with Crippen LogP contribution in [0, 0.1) is 0 Å². The number of nitrogen functional groups attached to an aromatic ring is 1. The van der Waals surface area contributed by atoms with E-state index >= 15 is 0 Å². The number of carbonyl (C=O) groups is 2. The zero-order valence-electron chi connectivity index (χ0n) is 11.7. The smallest absolute Gasteiger partial charge is 0.404 e. The number of primary amides is 1. The molecule has 2 aromatic rings. The van der Waals surface area contributed by atoms with Gasteiger partial charge in [0.05, 0.1) is 5.39 Å². The van der Waals surface area contributed by atoms with Gasteiger partial charge in [0, 0.05) is 19.3 Å². The molecule has 0 radical (unpaired) electrons. The van der Waals surface area contributed by atoms with Crippen LogP contribution in [0.5, 0.6) is 0 Å². The molecule has 0 saturated heterocycles. The first-order valence-corrected chi connectivity index (χ1v) is 6.81. The number of anilines is 1. The summed E-state index contributed by atoms with van der Waals surface area (Å²) in [5, 5.41) is 10.7. The number of nitrogens with zero attached hydrogens (tertiary/aromatic N) is 3. The molecule has 122 valence electrons. The highest BCUT2D eigenvalue weighted by molar-refractivity contribution is 6.28. The first-order valence-electron chi connectivity index (χ1n) is 6.44. The summed E-state index contributed by atoms with van der Waals surface area (Å²) in [4.78, 5) is 41.9. The van der Waals surface area contributed by atoms with Crippen molar-refractivity contribution in [2.45, 2.75) is 13.0 Å². The first-order chi connectivity index (χ1) is 10.8. The molecule has 0 fully saturated rings. The van der Waals surface area contributed by atoms with Crippen LogP contribution in [0.4, 0.5) is 10.6 Å². The van der Waals surface area contributed by atoms with Crippen molar-refractivity contribution < 1.29 is 14.7 Å². The molecule has 0 aliphatic carbocycles. The summed E-state index contributed by atoms with van der Waals surface area (Å²) in [5.74, 6) is -1.12. The lowest BCUT2D eigenvalue weighted by atomic mass is 10.1. The molecule has 2 amide bonds. The van der Waals surface area contributed by atoms with E-state index in [0.717, 1.165) is 0 Å².